The fourth-order valence-electron chi connectivity index (χ4n) is 2.61. The van der Waals surface area contributed by atoms with E-state index >= 15 is 0 Å². The molecule has 0 amide bonds. The van der Waals surface area contributed by atoms with Gasteiger partial charge in [-0.3, -0.25) is 4.31 Å². The van der Waals surface area contributed by atoms with E-state index in [2.05, 4.69) is 76.9 Å². The first-order chi connectivity index (χ1) is 12.7. The van der Waals surface area contributed by atoms with Crippen LogP contribution in [0.25, 0.3) is 0 Å². The summed E-state index contributed by atoms with van der Waals surface area (Å²) in [4.78, 5) is 0. The zero-order chi connectivity index (χ0) is 21.0. The van der Waals surface area contributed by atoms with Crippen molar-refractivity contribution in [1.82, 2.24) is 9.34 Å². The van der Waals surface area contributed by atoms with Gasteiger partial charge in [0.2, 0.25) is 0 Å². The quantitative estimate of drug-likeness (QED) is 0.270. The first-order valence-corrected chi connectivity index (χ1v) is 11.8. The largest absolute Gasteiger partial charge is 0.321 e. The van der Waals surface area contributed by atoms with Crippen LogP contribution in [0, 0.1) is 22.7 Å². The van der Waals surface area contributed by atoms with Gasteiger partial charge in [0.25, 0.3) is 17.1 Å². The van der Waals surface area contributed by atoms with Gasteiger partial charge in [0.15, 0.2) is 0 Å². The van der Waals surface area contributed by atoms with Crippen molar-refractivity contribution < 1.29 is 13.4 Å². The van der Waals surface area contributed by atoms with Crippen molar-refractivity contribution in [3.63, 3.8) is 0 Å². The Bertz CT molecular complexity index is 420. The number of rotatable bonds is 14. The maximum absolute atomic E-state index is 8.86. The molecular weight excluding hydrogens is 382 g/mol. The lowest BCUT2D eigenvalue weighted by atomic mass is 10.3. The molecule has 9 heteroatoms. The summed E-state index contributed by atoms with van der Waals surface area (Å²) < 4.78 is 22.8. The van der Waals surface area contributed by atoms with E-state index in [0.717, 1.165) is 0 Å². The van der Waals surface area contributed by atoms with Gasteiger partial charge in [0, 0.05) is 24.2 Å². The van der Waals surface area contributed by atoms with E-state index in [1.54, 1.807) is 0 Å². The zero-order valence-corrected chi connectivity index (χ0v) is 19.8. The van der Waals surface area contributed by atoms with Crippen molar-refractivity contribution >= 4 is 17.1 Å². The summed E-state index contributed by atoms with van der Waals surface area (Å²) in [5.74, 6) is 0. The van der Waals surface area contributed by atoms with Crippen LogP contribution < -0.4 is 0 Å². The predicted octanol–water partition coefficient (Wildman–Crippen LogP) is 5.55. The standard InChI is InChI=1S/C18H36N4O3P2/c1-15(2)21(16(3)4)26(23-13-9-11-19)25-27(24-14-10-12-20)22(17(5)6)18(7)8/h15-18H,9-10,13-14H2,1-8H3. The second-order valence-corrected chi connectivity index (χ2v) is 10.2. The van der Waals surface area contributed by atoms with Crippen molar-refractivity contribution in [3.05, 3.63) is 0 Å². The number of nitriles is 2. The van der Waals surface area contributed by atoms with Crippen LogP contribution in [0.15, 0.2) is 0 Å². The Morgan fingerprint density at radius 1 is 0.667 bits per heavy atom. The number of hydrogen-bond donors (Lipinski definition) is 0. The average Bonchev–Trinajstić information content (AvgIpc) is 2.53. The molecule has 7 nitrogen and oxygen atoms in total. The minimum Gasteiger partial charge on any atom is -0.321 e. The van der Waals surface area contributed by atoms with E-state index in [-0.39, 0.29) is 24.2 Å². The highest BCUT2D eigenvalue weighted by molar-refractivity contribution is 7.58. The normalized spacial score (nSPS) is 14.4. The molecule has 0 aromatic rings. The van der Waals surface area contributed by atoms with E-state index in [9.17, 15) is 0 Å². The molecule has 0 aliphatic rings. The van der Waals surface area contributed by atoms with Gasteiger partial charge in [-0.2, -0.15) is 10.5 Å². The molecule has 0 radical (unpaired) electrons. The fourth-order valence-corrected chi connectivity index (χ4v) is 6.41. The van der Waals surface area contributed by atoms with E-state index in [1.807, 2.05) is 0 Å². The molecule has 0 heterocycles. The lowest BCUT2D eigenvalue weighted by molar-refractivity contribution is 0.186. The van der Waals surface area contributed by atoms with Gasteiger partial charge in [0.1, 0.15) is 0 Å². The van der Waals surface area contributed by atoms with Crippen LogP contribution in [0.5, 0.6) is 0 Å². The Balaban J connectivity index is 5.57. The van der Waals surface area contributed by atoms with Gasteiger partial charge >= 0.3 is 0 Å². The summed E-state index contributed by atoms with van der Waals surface area (Å²) in [6, 6.07) is 5.12. The van der Waals surface area contributed by atoms with Crippen molar-refractivity contribution in [1.29, 1.82) is 10.5 Å². The molecule has 0 spiro atoms. The van der Waals surface area contributed by atoms with Crippen LogP contribution >= 0.6 is 17.1 Å². The highest BCUT2D eigenvalue weighted by atomic mass is 31.2. The minimum atomic E-state index is -1.40. The van der Waals surface area contributed by atoms with Crippen LogP contribution in [0.3, 0.4) is 0 Å². The second kappa shape index (κ2) is 14.6. The Morgan fingerprint density at radius 3 is 1.19 bits per heavy atom. The number of hydrogen-bond acceptors (Lipinski definition) is 7. The van der Waals surface area contributed by atoms with Gasteiger partial charge in [0.05, 0.1) is 38.2 Å². The zero-order valence-electron chi connectivity index (χ0n) is 18.0. The molecule has 27 heavy (non-hydrogen) atoms. The summed E-state index contributed by atoms with van der Waals surface area (Å²) in [7, 11) is -2.79. The summed E-state index contributed by atoms with van der Waals surface area (Å²) in [5, 5.41) is 17.7. The van der Waals surface area contributed by atoms with Crippen molar-refractivity contribution in [2.24, 2.45) is 0 Å². The summed E-state index contributed by atoms with van der Waals surface area (Å²) in [5.41, 5.74) is 0. The molecule has 0 fully saturated rings. The molecule has 0 rings (SSSR count). The molecule has 0 saturated heterocycles. The Hall–Kier alpha value is -0.360. The van der Waals surface area contributed by atoms with Crippen molar-refractivity contribution in [3.8, 4) is 12.1 Å². The van der Waals surface area contributed by atoms with E-state index < -0.39 is 17.1 Å². The van der Waals surface area contributed by atoms with Crippen molar-refractivity contribution in [2.75, 3.05) is 13.2 Å². The Labute approximate surface area is 168 Å². The summed E-state index contributed by atoms with van der Waals surface area (Å²) in [6.07, 6.45) is 0.634. The molecule has 2 unspecified atom stereocenters. The number of nitrogens with zero attached hydrogens (tertiary/aromatic N) is 4. The molecule has 0 aliphatic heterocycles. The molecule has 0 aliphatic carbocycles. The SMILES string of the molecule is CC(C)N(C(C)C)P(OCCC#N)OP(OCCC#N)N(C(C)C)C(C)C. The molecular formula is C18H36N4O3P2. The van der Waals surface area contributed by atoms with Gasteiger partial charge in [-0.1, -0.05) is 0 Å². The minimum absolute atomic E-state index is 0.223. The van der Waals surface area contributed by atoms with Crippen LogP contribution in [-0.2, 0) is 13.4 Å². The lowest BCUT2D eigenvalue weighted by Crippen LogP contribution is -2.36. The molecule has 0 aromatic carbocycles. The van der Waals surface area contributed by atoms with Crippen LogP contribution in [0.2, 0.25) is 0 Å². The third-order valence-corrected chi connectivity index (χ3v) is 7.99. The summed E-state index contributed by atoms with van der Waals surface area (Å²) in [6.45, 7) is 17.5. The van der Waals surface area contributed by atoms with Gasteiger partial charge in [-0.25, -0.2) is 9.34 Å². The first-order valence-electron chi connectivity index (χ1n) is 9.51. The second-order valence-electron chi connectivity index (χ2n) is 7.18. The van der Waals surface area contributed by atoms with Gasteiger partial charge in [-0.15, -0.1) is 0 Å². The highest BCUT2D eigenvalue weighted by Crippen LogP contribution is 2.60. The highest BCUT2D eigenvalue weighted by Gasteiger charge is 2.35. The maximum atomic E-state index is 8.86. The molecule has 0 bridgehead atoms. The third-order valence-electron chi connectivity index (χ3n) is 3.46. The van der Waals surface area contributed by atoms with Gasteiger partial charge in [-0.05, 0) is 55.4 Å². The average molecular weight is 418 g/mol. The van der Waals surface area contributed by atoms with Gasteiger partial charge < -0.3 is 9.05 Å². The Morgan fingerprint density at radius 2 is 0.963 bits per heavy atom. The molecule has 0 N–H and O–H groups in total. The van der Waals surface area contributed by atoms with E-state index in [1.165, 1.54) is 0 Å². The van der Waals surface area contributed by atoms with Crippen molar-refractivity contribution in [2.45, 2.75) is 92.4 Å². The van der Waals surface area contributed by atoms with Crippen LogP contribution in [0.1, 0.15) is 68.2 Å². The van der Waals surface area contributed by atoms with Crippen LogP contribution in [0.4, 0.5) is 0 Å². The predicted molar refractivity (Wildman–Crippen MR) is 112 cm³/mol. The molecule has 2 atom stereocenters. The summed E-state index contributed by atoms with van der Waals surface area (Å²) >= 11 is 0. The van der Waals surface area contributed by atoms with E-state index in [0.29, 0.717) is 26.1 Å². The van der Waals surface area contributed by atoms with Crippen LogP contribution in [-0.4, -0.2) is 46.7 Å². The molecule has 0 saturated carbocycles. The first kappa shape index (κ1) is 26.6. The third kappa shape index (κ3) is 10.1. The molecule has 156 valence electrons. The smallest absolute Gasteiger partial charge is 0.265 e. The monoisotopic (exact) mass is 418 g/mol. The topological polar surface area (TPSA) is 81.7 Å². The van der Waals surface area contributed by atoms with E-state index in [4.69, 9.17) is 23.9 Å². The fraction of sp³-hybridized carbons (Fsp3) is 0.889. The Kier molecular flexibility index (Phi) is 14.4. The maximum Gasteiger partial charge on any atom is 0.265 e. The molecule has 0 aromatic heterocycles. The lowest BCUT2D eigenvalue weighted by Gasteiger charge is -2.40.